The summed E-state index contributed by atoms with van der Waals surface area (Å²) in [6.45, 7) is 0. The quantitative estimate of drug-likeness (QED) is 0.681. The van der Waals surface area contributed by atoms with Crippen molar-refractivity contribution in [2.45, 2.75) is 69.7 Å². The Bertz CT molecular complexity index is 165. The van der Waals surface area contributed by atoms with Crippen LogP contribution in [0, 0.1) is 11.8 Å². The van der Waals surface area contributed by atoms with Crippen LogP contribution in [0.4, 0.5) is 0 Å². The van der Waals surface area contributed by atoms with Crippen LogP contribution in [0.1, 0.15) is 64.2 Å². The van der Waals surface area contributed by atoms with E-state index < -0.39 is 0 Å². The van der Waals surface area contributed by atoms with Crippen molar-refractivity contribution in [2.24, 2.45) is 11.8 Å². The molecule has 0 aliphatic heterocycles. The van der Waals surface area contributed by atoms with Crippen molar-refractivity contribution in [3.8, 4) is 0 Å². The van der Waals surface area contributed by atoms with Crippen molar-refractivity contribution in [1.82, 2.24) is 0 Å². The van der Waals surface area contributed by atoms with Gasteiger partial charge >= 0.3 is 0 Å². The average molecular weight is 240 g/mol. The van der Waals surface area contributed by atoms with E-state index >= 15 is 0 Å². The third-order valence-electron chi connectivity index (χ3n) is 4.87. The molecule has 1 nitrogen and oxygen atoms in total. The highest BCUT2D eigenvalue weighted by Crippen LogP contribution is 2.43. The van der Waals surface area contributed by atoms with Gasteiger partial charge in [0.2, 0.25) is 0 Å². The summed E-state index contributed by atoms with van der Waals surface area (Å²) < 4.78 is 5.65. The van der Waals surface area contributed by atoms with Gasteiger partial charge in [0.25, 0.3) is 0 Å². The molecule has 0 saturated heterocycles. The van der Waals surface area contributed by atoms with E-state index in [1.807, 2.05) is 7.11 Å². The van der Waals surface area contributed by atoms with Crippen LogP contribution in [0.5, 0.6) is 0 Å². The van der Waals surface area contributed by atoms with E-state index in [4.69, 9.17) is 4.43 Å². The molecule has 2 heteroatoms. The maximum atomic E-state index is 5.65. The van der Waals surface area contributed by atoms with E-state index in [1.165, 1.54) is 64.2 Å². The number of hydrogen-bond donors (Lipinski definition) is 0. The van der Waals surface area contributed by atoms with Crippen molar-refractivity contribution < 1.29 is 4.43 Å². The van der Waals surface area contributed by atoms with Crippen molar-refractivity contribution >= 4 is 9.76 Å². The fourth-order valence-electron chi connectivity index (χ4n) is 3.97. The summed E-state index contributed by atoms with van der Waals surface area (Å²) in [5.41, 5.74) is 1.02. The van der Waals surface area contributed by atoms with Crippen LogP contribution in [-0.4, -0.2) is 16.9 Å². The molecule has 2 rings (SSSR count). The summed E-state index contributed by atoms with van der Waals surface area (Å²) >= 11 is 0. The lowest BCUT2D eigenvalue weighted by molar-refractivity contribution is 0.229. The van der Waals surface area contributed by atoms with Gasteiger partial charge in [0.1, 0.15) is 0 Å². The highest BCUT2D eigenvalue weighted by Gasteiger charge is 2.31. The highest BCUT2D eigenvalue weighted by atomic mass is 28.2. The normalized spacial score (nSPS) is 25.9. The van der Waals surface area contributed by atoms with Crippen LogP contribution in [0.25, 0.3) is 0 Å². The molecule has 0 aromatic rings. The van der Waals surface area contributed by atoms with Crippen molar-refractivity contribution in [3.05, 3.63) is 0 Å². The fourth-order valence-corrected chi connectivity index (χ4v) is 5.85. The molecule has 0 spiro atoms. The molecule has 2 aliphatic carbocycles. The molecule has 0 unspecified atom stereocenters. The van der Waals surface area contributed by atoms with Gasteiger partial charge in [-0.2, -0.15) is 0 Å². The Balaban J connectivity index is 1.91. The molecule has 0 radical (unpaired) electrons. The highest BCUT2D eigenvalue weighted by molar-refractivity contribution is 6.29. The maximum Gasteiger partial charge on any atom is 0.164 e. The second kappa shape index (κ2) is 6.80. The first-order chi connectivity index (χ1) is 7.92. The zero-order chi connectivity index (χ0) is 11.2. The van der Waals surface area contributed by atoms with Crippen LogP contribution in [-0.2, 0) is 4.43 Å². The third-order valence-corrected chi connectivity index (χ3v) is 6.92. The molecule has 2 aliphatic rings. The van der Waals surface area contributed by atoms with E-state index in [-0.39, 0.29) is 9.76 Å². The topological polar surface area (TPSA) is 9.23 Å². The smallest absolute Gasteiger partial charge is 0.164 e. The summed E-state index contributed by atoms with van der Waals surface area (Å²) in [6.07, 6.45) is 15.0. The van der Waals surface area contributed by atoms with E-state index in [0.29, 0.717) is 0 Å². The third kappa shape index (κ3) is 3.33. The summed E-state index contributed by atoms with van der Waals surface area (Å²) in [5, 5.41) is 0. The van der Waals surface area contributed by atoms with Crippen molar-refractivity contribution in [1.29, 1.82) is 0 Å². The minimum atomic E-state index is -0.254. The van der Waals surface area contributed by atoms with Gasteiger partial charge in [-0.25, -0.2) is 0 Å². The first-order valence-electron chi connectivity index (χ1n) is 7.40. The number of rotatable bonds is 4. The lowest BCUT2D eigenvalue weighted by Gasteiger charge is -2.37. The monoisotopic (exact) mass is 240 g/mol. The Labute approximate surface area is 103 Å². The predicted octanol–water partition coefficient (Wildman–Crippen LogP) is 3.67. The maximum absolute atomic E-state index is 5.65. The van der Waals surface area contributed by atoms with Crippen LogP contribution in [0.3, 0.4) is 0 Å². The van der Waals surface area contributed by atoms with Gasteiger partial charge in [0, 0.05) is 7.11 Å². The molecule has 0 amide bonds. The zero-order valence-electron chi connectivity index (χ0n) is 10.9. The van der Waals surface area contributed by atoms with E-state index in [9.17, 15) is 0 Å². The Morgan fingerprint density at radius 3 is 1.62 bits per heavy atom. The standard InChI is InChI=1S/C14H28OSi/c1-15-16-14(12-8-4-2-5-9-12)13-10-6-3-7-11-13/h12-14H,2-11,16H2,1H3. The molecular formula is C14H28OSi. The Kier molecular flexibility index (Phi) is 5.37. The first-order valence-corrected chi connectivity index (χ1v) is 8.80. The Hall–Kier alpha value is 0.177. The summed E-state index contributed by atoms with van der Waals surface area (Å²) in [5.74, 6) is 2.09. The van der Waals surface area contributed by atoms with Gasteiger partial charge in [0.15, 0.2) is 9.76 Å². The second-order valence-corrected chi connectivity index (χ2v) is 7.77. The molecule has 0 aromatic heterocycles. The second-order valence-electron chi connectivity index (χ2n) is 5.92. The lowest BCUT2D eigenvalue weighted by Crippen LogP contribution is -2.27. The molecule has 2 saturated carbocycles. The average Bonchev–Trinajstić information content (AvgIpc) is 2.38. The van der Waals surface area contributed by atoms with Gasteiger partial charge in [0.05, 0.1) is 0 Å². The Morgan fingerprint density at radius 2 is 1.25 bits per heavy atom. The number of hydrogen-bond acceptors (Lipinski definition) is 1. The van der Waals surface area contributed by atoms with Crippen LogP contribution >= 0.6 is 0 Å². The Morgan fingerprint density at radius 1 is 0.812 bits per heavy atom. The summed E-state index contributed by atoms with van der Waals surface area (Å²) in [7, 11) is 1.70. The van der Waals surface area contributed by atoms with Gasteiger partial charge in [-0.3, -0.25) is 0 Å². The zero-order valence-corrected chi connectivity index (χ0v) is 12.3. The van der Waals surface area contributed by atoms with Gasteiger partial charge in [-0.15, -0.1) is 0 Å². The molecule has 0 aromatic carbocycles. The summed E-state index contributed by atoms with van der Waals surface area (Å²) in [6, 6.07) is 0. The van der Waals surface area contributed by atoms with Gasteiger partial charge in [-0.1, -0.05) is 64.2 Å². The minimum absolute atomic E-state index is 0.254. The largest absolute Gasteiger partial charge is 0.427 e. The van der Waals surface area contributed by atoms with Gasteiger partial charge < -0.3 is 4.43 Å². The lowest BCUT2D eigenvalue weighted by atomic mass is 9.77. The molecule has 94 valence electrons. The molecule has 0 atom stereocenters. The molecule has 0 N–H and O–H groups in total. The fraction of sp³-hybridized carbons (Fsp3) is 1.00. The van der Waals surface area contributed by atoms with E-state index in [0.717, 1.165) is 17.4 Å². The molecule has 16 heavy (non-hydrogen) atoms. The van der Waals surface area contributed by atoms with Crippen molar-refractivity contribution in [3.63, 3.8) is 0 Å². The van der Waals surface area contributed by atoms with E-state index in [2.05, 4.69) is 0 Å². The minimum Gasteiger partial charge on any atom is -0.427 e. The van der Waals surface area contributed by atoms with E-state index in [1.54, 1.807) is 0 Å². The van der Waals surface area contributed by atoms with Crippen LogP contribution < -0.4 is 0 Å². The SMILES string of the molecule is CO[SiH2]C(C1CCCCC1)C1CCCCC1. The van der Waals surface area contributed by atoms with Gasteiger partial charge in [-0.05, 0) is 17.4 Å². The summed E-state index contributed by atoms with van der Waals surface area (Å²) in [4.78, 5) is 0. The molecule has 2 fully saturated rings. The predicted molar refractivity (Wildman–Crippen MR) is 72.5 cm³/mol. The molecular weight excluding hydrogens is 212 g/mol. The molecule has 0 heterocycles. The first kappa shape index (κ1) is 12.6. The molecule has 0 bridgehead atoms. The van der Waals surface area contributed by atoms with Crippen LogP contribution in [0.2, 0.25) is 5.54 Å². The van der Waals surface area contributed by atoms with Crippen LogP contribution in [0.15, 0.2) is 0 Å². The van der Waals surface area contributed by atoms with Crippen molar-refractivity contribution in [2.75, 3.05) is 7.11 Å².